The molecule has 3 aromatic carbocycles. The predicted molar refractivity (Wildman–Crippen MR) is 114 cm³/mol. The quantitative estimate of drug-likeness (QED) is 0.506. The summed E-state index contributed by atoms with van der Waals surface area (Å²) < 4.78 is 12.4. The van der Waals surface area contributed by atoms with E-state index >= 15 is 0 Å². The Kier molecular flexibility index (Phi) is 5.66. The second-order valence-electron chi connectivity index (χ2n) is 7.02. The second-order valence-corrected chi connectivity index (χ2v) is 7.02. The standard InChI is InChI=1S/C24H22N2O4/c1-17(26-21-12-5-6-13-22(21)30-24(26)28)23(27)25-15-18-8-7-9-19(14-18)16-29-20-10-3-2-4-11-20/h2-14,17H,15-16H2,1H3,(H,25,27). The van der Waals surface area contributed by atoms with E-state index in [1.54, 1.807) is 31.2 Å². The first-order chi connectivity index (χ1) is 14.6. The number of rotatable bonds is 7. The van der Waals surface area contributed by atoms with E-state index in [2.05, 4.69) is 5.32 Å². The summed E-state index contributed by atoms with van der Waals surface area (Å²) in [5.41, 5.74) is 3.03. The van der Waals surface area contributed by atoms with Gasteiger partial charge in [0.1, 0.15) is 18.4 Å². The third-order valence-electron chi connectivity index (χ3n) is 4.89. The first-order valence-electron chi connectivity index (χ1n) is 9.75. The summed E-state index contributed by atoms with van der Waals surface area (Å²) in [5, 5.41) is 2.90. The average molecular weight is 402 g/mol. The molecule has 4 aromatic rings. The molecule has 0 bridgehead atoms. The number of carbonyl (C=O) groups excluding carboxylic acids is 1. The van der Waals surface area contributed by atoms with Crippen molar-refractivity contribution in [2.75, 3.05) is 0 Å². The van der Waals surface area contributed by atoms with Gasteiger partial charge in [0.2, 0.25) is 5.91 Å². The van der Waals surface area contributed by atoms with Gasteiger partial charge in [0.25, 0.3) is 0 Å². The Morgan fingerprint density at radius 1 is 1.00 bits per heavy atom. The van der Waals surface area contributed by atoms with E-state index in [0.717, 1.165) is 16.9 Å². The van der Waals surface area contributed by atoms with Crippen LogP contribution in [0.25, 0.3) is 11.1 Å². The molecule has 1 amide bonds. The van der Waals surface area contributed by atoms with Gasteiger partial charge in [-0.2, -0.15) is 0 Å². The molecular weight excluding hydrogens is 380 g/mol. The topological polar surface area (TPSA) is 73.5 Å². The van der Waals surface area contributed by atoms with Gasteiger partial charge < -0.3 is 14.5 Å². The Balaban J connectivity index is 1.40. The molecule has 0 radical (unpaired) electrons. The number of hydrogen-bond donors (Lipinski definition) is 1. The van der Waals surface area contributed by atoms with Crippen molar-refractivity contribution in [3.8, 4) is 5.75 Å². The molecule has 152 valence electrons. The maximum absolute atomic E-state index is 12.7. The fourth-order valence-corrected chi connectivity index (χ4v) is 3.32. The van der Waals surface area contributed by atoms with Gasteiger partial charge in [-0.25, -0.2) is 4.79 Å². The van der Waals surface area contributed by atoms with Gasteiger partial charge in [-0.3, -0.25) is 9.36 Å². The normalized spacial score (nSPS) is 11.9. The van der Waals surface area contributed by atoms with E-state index in [9.17, 15) is 9.59 Å². The third-order valence-corrected chi connectivity index (χ3v) is 4.89. The summed E-state index contributed by atoms with van der Waals surface area (Å²) in [7, 11) is 0. The second kappa shape index (κ2) is 8.69. The molecule has 1 aromatic heterocycles. The van der Waals surface area contributed by atoms with Crippen molar-refractivity contribution in [1.29, 1.82) is 0 Å². The lowest BCUT2D eigenvalue weighted by Crippen LogP contribution is -2.34. The molecule has 0 fully saturated rings. The van der Waals surface area contributed by atoms with Crippen LogP contribution in [0.5, 0.6) is 5.75 Å². The van der Waals surface area contributed by atoms with Gasteiger partial charge in [-0.15, -0.1) is 0 Å². The van der Waals surface area contributed by atoms with Crippen molar-refractivity contribution in [3.05, 3.63) is 101 Å². The zero-order valence-electron chi connectivity index (χ0n) is 16.6. The number of carbonyl (C=O) groups is 1. The summed E-state index contributed by atoms with van der Waals surface area (Å²) in [5.74, 6) is 0.0105. The fourth-order valence-electron chi connectivity index (χ4n) is 3.32. The third kappa shape index (κ3) is 4.27. The van der Waals surface area contributed by atoms with Crippen LogP contribution in [0, 0.1) is 0 Å². The minimum Gasteiger partial charge on any atom is -0.489 e. The molecule has 6 heteroatoms. The molecule has 0 aliphatic carbocycles. The van der Waals surface area contributed by atoms with Gasteiger partial charge in [-0.1, -0.05) is 54.6 Å². The molecule has 30 heavy (non-hydrogen) atoms. The van der Waals surface area contributed by atoms with Crippen LogP contribution in [0.3, 0.4) is 0 Å². The molecule has 1 atom stereocenters. The molecular formula is C24H22N2O4. The summed E-state index contributed by atoms with van der Waals surface area (Å²) in [4.78, 5) is 24.9. The van der Waals surface area contributed by atoms with Crippen LogP contribution in [0.1, 0.15) is 24.1 Å². The highest BCUT2D eigenvalue weighted by Crippen LogP contribution is 2.17. The number of para-hydroxylation sites is 3. The minimum atomic E-state index is -0.689. The van der Waals surface area contributed by atoms with Gasteiger partial charge in [0.15, 0.2) is 5.58 Å². The number of benzene rings is 3. The highest BCUT2D eigenvalue weighted by molar-refractivity contribution is 5.82. The maximum atomic E-state index is 12.7. The van der Waals surface area contributed by atoms with Crippen molar-refractivity contribution >= 4 is 17.0 Å². The van der Waals surface area contributed by atoms with Crippen molar-refractivity contribution in [2.45, 2.75) is 26.1 Å². The van der Waals surface area contributed by atoms with E-state index in [1.165, 1.54) is 4.57 Å². The van der Waals surface area contributed by atoms with E-state index in [0.29, 0.717) is 24.3 Å². The molecule has 0 saturated heterocycles. The SMILES string of the molecule is CC(C(=O)NCc1cccc(COc2ccccc2)c1)n1c(=O)oc2ccccc21. The lowest BCUT2D eigenvalue weighted by atomic mass is 10.1. The van der Waals surface area contributed by atoms with Gasteiger partial charge in [-0.05, 0) is 42.3 Å². The number of amides is 1. The Morgan fingerprint density at radius 3 is 2.57 bits per heavy atom. The Morgan fingerprint density at radius 2 is 1.73 bits per heavy atom. The average Bonchev–Trinajstić information content (AvgIpc) is 3.12. The molecule has 0 saturated carbocycles. The fraction of sp³-hybridized carbons (Fsp3) is 0.167. The predicted octanol–water partition coefficient (Wildman–Crippen LogP) is 4.05. The number of nitrogens with one attached hydrogen (secondary N) is 1. The lowest BCUT2D eigenvalue weighted by molar-refractivity contribution is -0.124. The number of nitrogens with zero attached hydrogens (tertiary/aromatic N) is 1. The van der Waals surface area contributed by atoms with Crippen molar-refractivity contribution in [3.63, 3.8) is 0 Å². The van der Waals surface area contributed by atoms with Crippen LogP contribution in [0.2, 0.25) is 0 Å². The minimum absolute atomic E-state index is 0.255. The zero-order chi connectivity index (χ0) is 20.9. The van der Waals surface area contributed by atoms with Crippen LogP contribution >= 0.6 is 0 Å². The maximum Gasteiger partial charge on any atom is 0.420 e. The van der Waals surface area contributed by atoms with Crippen LogP contribution in [-0.4, -0.2) is 10.5 Å². The Labute approximate surface area is 173 Å². The largest absolute Gasteiger partial charge is 0.489 e. The van der Waals surface area contributed by atoms with Crippen molar-refractivity contribution in [2.24, 2.45) is 0 Å². The summed E-state index contributed by atoms with van der Waals surface area (Å²) in [6.45, 7) is 2.48. The number of hydrogen-bond acceptors (Lipinski definition) is 4. The molecule has 1 unspecified atom stereocenters. The monoisotopic (exact) mass is 402 g/mol. The summed E-state index contributed by atoms with van der Waals surface area (Å²) in [6.07, 6.45) is 0. The van der Waals surface area contributed by atoms with E-state index in [-0.39, 0.29) is 5.91 Å². The van der Waals surface area contributed by atoms with Gasteiger partial charge in [0, 0.05) is 6.54 Å². The van der Waals surface area contributed by atoms with Crippen molar-refractivity contribution in [1.82, 2.24) is 9.88 Å². The van der Waals surface area contributed by atoms with Crippen LogP contribution < -0.4 is 15.8 Å². The number of ether oxygens (including phenoxy) is 1. The Bertz CT molecular complexity index is 1210. The molecule has 6 nitrogen and oxygen atoms in total. The van der Waals surface area contributed by atoms with Crippen LogP contribution in [-0.2, 0) is 17.9 Å². The number of aromatic nitrogens is 1. The van der Waals surface area contributed by atoms with E-state index < -0.39 is 11.8 Å². The molecule has 0 aliphatic heterocycles. The van der Waals surface area contributed by atoms with Gasteiger partial charge >= 0.3 is 5.76 Å². The van der Waals surface area contributed by atoms with Crippen molar-refractivity contribution < 1.29 is 13.9 Å². The first-order valence-corrected chi connectivity index (χ1v) is 9.75. The smallest absolute Gasteiger partial charge is 0.420 e. The molecule has 1 heterocycles. The molecule has 4 rings (SSSR count). The Hall–Kier alpha value is -3.80. The summed E-state index contributed by atoms with van der Waals surface area (Å²) in [6, 6.07) is 23.8. The highest BCUT2D eigenvalue weighted by Gasteiger charge is 2.20. The number of fused-ring (bicyclic) bond motifs is 1. The van der Waals surface area contributed by atoms with Crippen LogP contribution in [0.4, 0.5) is 0 Å². The van der Waals surface area contributed by atoms with Crippen LogP contribution in [0.15, 0.2) is 88.1 Å². The zero-order valence-corrected chi connectivity index (χ0v) is 16.6. The highest BCUT2D eigenvalue weighted by atomic mass is 16.5. The molecule has 1 N–H and O–H groups in total. The van der Waals surface area contributed by atoms with E-state index in [1.807, 2.05) is 54.6 Å². The molecule has 0 spiro atoms. The van der Waals surface area contributed by atoms with E-state index in [4.69, 9.17) is 9.15 Å². The lowest BCUT2D eigenvalue weighted by Gasteiger charge is -2.14. The number of oxazole rings is 1. The molecule has 0 aliphatic rings. The first kappa shape index (κ1) is 19.5. The summed E-state index contributed by atoms with van der Waals surface area (Å²) >= 11 is 0. The van der Waals surface area contributed by atoms with Gasteiger partial charge in [0.05, 0.1) is 5.52 Å².